The number of carbonyl (C=O) groups excluding carboxylic acids is 2. The normalized spacial score (nSPS) is 28.3. The summed E-state index contributed by atoms with van der Waals surface area (Å²) in [4.78, 5) is 26.0. The summed E-state index contributed by atoms with van der Waals surface area (Å²) in [6, 6.07) is 5.23. The van der Waals surface area contributed by atoms with E-state index in [0.717, 1.165) is 18.9 Å². The van der Waals surface area contributed by atoms with Crippen LogP contribution >= 0.6 is 0 Å². The van der Waals surface area contributed by atoms with Gasteiger partial charge in [-0.2, -0.15) is 0 Å². The lowest BCUT2D eigenvalue weighted by molar-refractivity contribution is -0.134. The van der Waals surface area contributed by atoms with Crippen molar-refractivity contribution in [3.05, 3.63) is 35.6 Å². The first-order valence-corrected chi connectivity index (χ1v) is 8.79. The van der Waals surface area contributed by atoms with Gasteiger partial charge < -0.3 is 25.2 Å². The third-order valence-corrected chi connectivity index (χ3v) is 4.85. The lowest BCUT2D eigenvalue weighted by Gasteiger charge is -2.19. The van der Waals surface area contributed by atoms with Crippen LogP contribution in [0.5, 0.6) is 0 Å². The summed E-state index contributed by atoms with van der Waals surface area (Å²) >= 11 is 0. The van der Waals surface area contributed by atoms with Gasteiger partial charge in [0.15, 0.2) is 0 Å². The molecule has 4 atom stereocenters. The second kappa shape index (κ2) is 8.11. The zero-order chi connectivity index (χ0) is 18.7. The summed E-state index contributed by atoms with van der Waals surface area (Å²) < 4.78 is 18.8. The number of likely N-dealkylation sites (tertiary alicyclic amines) is 1. The van der Waals surface area contributed by atoms with Crippen LogP contribution in [-0.2, 0) is 9.53 Å². The van der Waals surface area contributed by atoms with Crippen LogP contribution in [0.3, 0.4) is 0 Å². The number of rotatable bonds is 5. The first-order valence-electron chi connectivity index (χ1n) is 8.79. The molecule has 0 aromatic heterocycles. The standard InChI is InChI=1S/C18H23FN2O5/c19-12-5-3-4-11(8-12)18(25)20-10-14-17(24)16(23)13(26-14)9-15(22)21-6-1-2-7-21/h3-5,8,13-14,16-17,23-24H,1-2,6-7,9-10H2,(H,20,25)/t13-,14+,16-,17+/m0/s1. The Balaban J connectivity index is 1.52. The van der Waals surface area contributed by atoms with Crippen molar-refractivity contribution in [1.29, 1.82) is 0 Å². The quantitative estimate of drug-likeness (QED) is 0.684. The van der Waals surface area contributed by atoms with Crippen molar-refractivity contribution in [2.24, 2.45) is 0 Å². The Morgan fingerprint density at radius 2 is 1.88 bits per heavy atom. The van der Waals surface area contributed by atoms with Gasteiger partial charge in [0.05, 0.1) is 12.5 Å². The molecule has 3 rings (SSSR count). The van der Waals surface area contributed by atoms with E-state index in [2.05, 4.69) is 5.32 Å². The molecular formula is C18H23FN2O5. The van der Waals surface area contributed by atoms with Crippen molar-refractivity contribution in [3.63, 3.8) is 0 Å². The first-order chi connectivity index (χ1) is 12.5. The summed E-state index contributed by atoms with van der Waals surface area (Å²) in [5, 5.41) is 22.8. The van der Waals surface area contributed by atoms with Gasteiger partial charge in [0.1, 0.15) is 24.1 Å². The second-order valence-electron chi connectivity index (χ2n) is 6.71. The van der Waals surface area contributed by atoms with E-state index >= 15 is 0 Å². The lowest BCUT2D eigenvalue weighted by Crippen LogP contribution is -2.40. The van der Waals surface area contributed by atoms with Crippen LogP contribution in [0.2, 0.25) is 0 Å². The SMILES string of the molecule is O=C(NC[C@H]1O[C@@H](CC(=O)N2CCCC2)[C@H](O)[C@@H]1O)c1cccc(F)c1. The molecule has 0 saturated carbocycles. The maximum Gasteiger partial charge on any atom is 0.251 e. The van der Waals surface area contributed by atoms with Crippen molar-refractivity contribution in [1.82, 2.24) is 10.2 Å². The Hall–Kier alpha value is -2.03. The van der Waals surface area contributed by atoms with Crippen LogP contribution in [0.4, 0.5) is 4.39 Å². The molecule has 2 amide bonds. The predicted octanol–water partition coefficient (Wildman–Crippen LogP) is 0.0572. The summed E-state index contributed by atoms with van der Waals surface area (Å²) in [7, 11) is 0. The summed E-state index contributed by atoms with van der Waals surface area (Å²) in [5.74, 6) is -1.14. The average molecular weight is 366 g/mol. The van der Waals surface area contributed by atoms with Gasteiger partial charge in [-0.05, 0) is 31.0 Å². The molecule has 1 aromatic carbocycles. The maximum absolute atomic E-state index is 13.2. The van der Waals surface area contributed by atoms with E-state index in [1.54, 1.807) is 4.90 Å². The van der Waals surface area contributed by atoms with Gasteiger partial charge in [0.2, 0.25) is 5.91 Å². The van der Waals surface area contributed by atoms with Gasteiger partial charge in [0, 0.05) is 25.2 Å². The summed E-state index contributed by atoms with van der Waals surface area (Å²) in [6.45, 7) is 1.36. The topological polar surface area (TPSA) is 99.1 Å². The minimum Gasteiger partial charge on any atom is -0.388 e. The Bertz CT molecular complexity index is 665. The average Bonchev–Trinajstić information content (AvgIpc) is 3.25. The van der Waals surface area contributed by atoms with Crippen molar-refractivity contribution >= 4 is 11.8 Å². The summed E-state index contributed by atoms with van der Waals surface area (Å²) in [5.41, 5.74) is 0.152. The molecule has 0 bridgehead atoms. The second-order valence-corrected chi connectivity index (χ2v) is 6.71. The van der Waals surface area contributed by atoms with Gasteiger partial charge in [-0.15, -0.1) is 0 Å². The highest BCUT2D eigenvalue weighted by molar-refractivity contribution is 5.94. The Morgan fingerprint density at radius 3 is 2.58 bits per heavy atom. The van der Waals surface area contributed by atoms with Crippen LogP contribution in [0.1, 0.15) is 29.6 Å². The molecule has 0 unspecified atom stereocenters. The highest BCUT2D eigenvalue weighted by Gasteiger charge is 2.43. The fourth-order valence-electron chi connectivity index (χ4n) is 3.36. The lowest BCUT2D eigenvalue weighted by atomic mass is 10.0. The van der Waals surface area contributed by atoms with E-state index < -0.39 is 36.1 Å². The Kier molecular flexibility index (Phi) is 5.85. The molecule has 8 heteroatoms. The minimum absolute atomic E-state index is 0.00737. The van der Waals surface area contributed by atoms with E-state index in [-0.39, 0.29) is 24.4 Å². The van der Waals surface area contributed by atoms with Crippen LogP contribution in [0, 0.1) is 5.82 Å². The molecule has 1 aromatic rings. The van der Waals surface area contributed by atoms with E-state index in [1.165, 1.54) is 18.2 Å². The zero-order valence-electron chi connectivity index (χ0n) is 14.3. The first kappa shape index (κ1) is 18.8. The highest BCUT2D eigenvalue weighted by Crippen LogP contribution is 2.24. The molecule has 0 aliphatic carbocycles. The summed E-state index contributed by atoms with van der Waals surface area (Å²) in [6.07, 6.45) is -2.12. The monoisotopic (exact) mass is 366 g/mol. The molecule has 2 aliphatic heterocycles. The van der Waals surface area contributed by atoms with Gasteiger partial charge >= 0.3 is 0 Å². The highest BCUT2D eigenvalue weighted by atomic mass is 19.1. The Morgan fingerprint density at radius 1 is 1.19 bits per heavy atom. The Labute approximate surface area is 150 Å². The molecule has 2 aliphatic rings. The molecule has 7 nitrogen and oxygen atoms in total. The van der Waals surface area contributed by atoms with E-state index in [0.29, 0.717) is 13.1 Å². The van der Waals surface area contributed by atoms with E-state index in [9.17, 15) is 24.2 Å². The van der Waals surface area contributed by atoms with Crippen LogP contribution in [0.15, 0.2) is 24.3 Å². The predicted molar refractivity (Wildman–Crippen MR) is 89.8 cm³/mol. The number of aliphatic hydroxyl groups is 2. The number of ether oxygens (including phenoxy) is 1. The van der Waals surface area contributed by atoms with Crippen molar-refractivity contribution in [2.45, 2.75) is 43.7 Å². The van der Waals surface area contributed by atoms with Crippen LogP contribution < -0.4 is 5.32 Å². The van der Waals surface area contributed by atoms with Crippen LogP contribution in [0.25, 0.3) is 0 Å². The maximum atomic E-state index is 13.2. The number of hydrogen-bond donors (Lipinski definition) is 3. The van der Waals surface area contributed by atoms with Crippen molar-refractivity contribution in [3.8, 4) is 0 Å². The molecule has 3 N–H and O–H groups in total. The number of nitrogens with one attached hydrogen (secondary N) is 1. The molecular weight excluding hydrogens is 343 g/mol. The van der Waals surface area contributed by atoms with Gasteiger partial charge in [-0.25, -0.2) is 4.39 Å². The molecule has 0 radical (unpaired) electrons. The smallest absolute Gasteiger partial charge is 0.251 e. The van der Waals surface area contributed by atoms with E-state index in [4.69, 9.17) is 4.74 Å². The molecule has 2 fully saturated rings. The number of halogens is 1. The fraction of sp³-hybridized carbons (Fsp3) is 0.556. The van der Waals surface area contributed by atoms with Gasteiger partial charge in [-0.3, -0.25) is 9.59 Å². The molecule has 142 valence electrons. The number of amides is 2. The zero-order valence-corrected chi connectivity index (χ0v) is 14.3. The third-order valence-electron chi connectivity index (χ3n) is 4.85. The number of hydrogen-bond acceptors (Lipinski definition) is 5. The third kappa shape index (κ3) is 4.20. The van der Waals surface area contributed by atoms with Crippen molar-refractivity contribution < 1.29 is 28.9 Å². The fourth-order valence-corrected chi connectivity index (χ4v) is 3.36. The number of aliphatic hydroxyl groups excluding tert-OH is 2. The number of benzene rings is 1. The van der Waals surface area contributed by atoms with Gasteiger partial charge in [0.25, 0.3) is 5.91 Å². The molecule has 2 saturated heterocycles. The van der Waals surface area contributed by atoms with Crippen LogP contribution in [-0.4, -0.2) is 71.0 Å². The van der Waals surface area contributed by atoms with Crippen molar-refractivity contribution in [2.75, 3.05) is 19.6 Å². The number of nitrogens with zero attached hydrogens (tertiary/aromatic N) is 1. The largest absolute Gasteiger partial charge is 0.388 e. The number of carbonyl (C=O) groups is 2. The molecule has 0 spiro atoms. The molecule has 2 heterocycles. The van der Waals surface area contributed by atoms with Gasteiger partial charge in [-0.1, -0.05) is 6.07 Å². The minimum atomic E-state index is -1.21. The van der Waals surface area contributed by atoms with E-state index in [1.807, 2.05) is 0 Å². The molecule has 26 heavy (non-hydrogen) atoms.